The first-order valence-electron chi connectivity index (χ1n) is 14.2. The van der Waals surface area contributed by atoms with Gasteiger partial charge in [0.25, 0.3) is 0 Å². The van der Waals surface area contributed by atoms with E-state index >= 15 is 0 Å². The molecule has 208 valence electrons. The van der Waals surface area contributed by atoms with Gasteiger partial charge in [0.05, 0.1) is 17.9 Å². The lowest BCUT2D eigenvalue weighted by molar-refractivity contribution is 0.126. The molecule has 3 atom stereocenters. The Kier molecular flexibility index (Phi) is 7.20. The average Bonchev–Trinajstić information content (AvgIpc) is 3.08. The van der Waals surface area contributed by atoms with E-state index in [0.29, 0.717) is 48.7 Å². The van der Waals surface area contributed by atoms with Gasteiger partial charge < -0.3 is 20.6 Å². The van der Waals surface area contributed by atoms with Gasteiger partial charge in [0, 0.05) is 49.2 Å². The SMILES string of the molecule is CC1(F)CCCCN(CC#Cc2cc(N3C4CCC3CN(c3cc(-c5ccccc5O)nnc3N)C4)ccn2)C1. The fourth-order valence-electron chi connectivity index (χ4n) is 6.47. The van der Waals surface area contributed by atoms with E-state index in [1.54, 1.807) is 19.1 Å². The van der Waals surface area contributed by atoms with Gasteiger partial charge in [-0.1, -0.05) is 18.1 Å². The van der Waals surface area contributed by atoms with Crippen LogP contribution in [-0.2, 0) is 0 Å². The number of alkyl halides is 1. The Bertz CT molecular complexity index is 1420. The van der Waals surface area contributed by atoms with Gasteiger partial charge in [-0.15, -0.1) is 10.2 Å². The minimum Gasteiger partial charge on any atom is -0.507 e. The molecule has 5 heterocycles. The van der Waals surface area contributed by atoms with Gasteiger partial charge in [-0.3, -0.25) is 4.90 Å². The molecule has 3 saturated heterocycles. The summed E-state index contributed by atoms with van der Waals surface area (Å²) in [4.78, 5) is 11.4. The Labute approximate surface area is 235 Å². The van der Waals surface area contributed by atoms with Crippen molar-refractivity contribution in [3.05, 3.63) is 54.4 Å². The summed E-state index contributed by atoms with van der Waals surface area (Å²) in [6.45, 7) is 5.21. The van der Waals surface area contributed by atoms with E-state index in [4.69, 9.17) is 5.73 Å². The van der Waals surface area contributed by atoms with Crippen LogP contribution in [-0.4, -0.2) is 75.7 Å². The normalized spacial score (nSPS) is 24.9. The number of nitrogen functional groups attached to an aromatic ring is 1. The molecule has 0 saturated carbocycles. The number of benzene rings is 1. The van der Waals surface area contributed by atoms with Crippen molar-refractivity contribution in [2.75, 3.05) is 48.3 Å². The van der Waals surface area contributed by atoms with Crippen molar-refractivity contribution in [3.63, 3.8) is 0 Å². The summed E-state index contributed by atoms with van der Waals surface area (Å²) < 4.78 is 14.6. The number of aromatic nitrogens is 3. The number of likely N-dealkylation sites (tertiary alicyclic amines) is 1. The lowest BCUT2D eigenvalue weighted by Gasteiger charge is -2.43. The highest BCUT2D eigenvalue weighted by molar-refractivity contribution is 5.74. The Morgan fingerprint density at radius 2 is 1.90 bits per heavy atom. The van der Waals surface area contributed by atoms with Gasteiger partial charge in [0.2, 0.25) is 0 Å². The van der Waals surface area contributed by atoms with Crippen LogP contribution in [0.1, 0.15) is 44.7 Å². The van der Waals surface area contributed by atoms with Crippen LogP contribution in [0.5, 0.6) is 5.75 Å². The predicted octanol–water partition coefficient (Wildman–Crippen LogP) is 4.25. The number of phenolic OH excluding ortho intramolecular Hbond substituents is 1. The lowest BCUT2D eigenvalue weighted by atomic mass is 10.0. The summed E-state index contributed by atoms with van der Waals surface area (Å²) in [6.07, 6.45) is 6.58. The Balaban J connectivity index is 1.16. The second-order valence-corrected chi connectivity index (χ2v) is 11.5. The number of nitrogens with two attached hydrogens (primary N) is 1. The molecule has 3 fully saturated rings. The van der Waals surface area contributed by atoms with Crippen molar-refractivity contribution in [1.82, 2.24) is 20.1 Å². The molecule has 3 aliphatic heterocycles. The van der Waals surface area contributed by atoms with Gasteiger partial charge >= 0.3 is 0 Å². The molecule has 3 aliphatic rings. The van der Waals surface area contributed by atoms with Gasteiger partial charge in [-0.25, -0.2) is 9.37 Å². The van der Waals surface area contributed by atoms with E-state index in [9.17, 15) is 9.50 Å². The maximum Gasteiger partial charge on any atom is 0.169 e. The molecule has 0 amide bonds. The highest BCUT2D eigenvalue weighted by Crippen LogP contribution is 2.39. The fraction of sp³-hybridized carbons (Fsp3) is 0.452. The molecule has 0 spiro atoms. The molecule has 2 aromatic heterocycles. The minimum atomic E-state index is -1.14. The van der Waals surface area contributed by atoms with Crippen molar-refractivity contribution >= 4 is 17.2 Å². The van der Waals surface area contributed by atoms with Crippen LogP contribution < -0.4 is 15.5 Å². The summed E-state index contributed by atoms with van der Waals surface area (Å²) in [5.74, 6) is 7.02. The maximum atomic E-state index is 14.6. The summed E-state index contributed by atoms with van der Waals surface area (Å²) in [5, 5.41) is 18.8. The molecule has 2 bridgehead atoms. The molecule has 8 nitrogen and oxygen atoms in total. The molecule has 3 aromatic rings. The fourth-order valence-corrected chi connectivity index (χ4v) is 6.47. The van der Waals surface area contributed by atoms with Gasteiger partial charge in [-0.05, 0) is 81.8 Å². The van der Waals surface area contributed by atoms with Gasteiger partial charge in [-0.2, -0.15) is 0 Å². The highest BCUT2D eigenvalue weighted by atomic mass is 19.1. The van der Waals surface area contributed by atoms with Gasteiger partial charge in [0.1, 0.15) is 17.1 Å². The number of pyridine rings is 1. The molecule has 40 heavy (non-hydrogen) atoms. The van der Waals surface area contributed by atoms with E-state index in [1.165, 1.54) is 0 Å². The first-order valence-corrected chi connectivity index (χ1v) is 14.2. The van der Waals surface area contributed by atoms with Crippen LogP contribution in [0.25, 0.3) is 11.3 Å². The van der Waals surface area contributed by atoms with Crippen LogP contribution in [0.15, 0.2) is 48.7 Å². The smallest absolute Gasteiger partial charge is 0.169 e. The highest BCUT2D eigenvalue weighted by Gasteiger charge is 2.41. The Morgan fingerprint density at radius 1 is 1.10 bits per heavy atom. The number of aromatic hydroxyl groups is 1. The number of fused-ring (bicyclic) bond motifs is 2. The largest absolute Gasteiger partial charge is 0.507 e. The standard InChI is InChI=1S/C31H36FN7O/c1-31(32)13-4-5-15-37(21-31)16-6-7-22-17-23(12-14-34-22)39-24-10-11-25(39)20-38(19-24)28-18-27(35-36-30(28)33)26-8-2-3-9-29(26)40/h2-3,8-9,12,14,17-18,24-25,40H,4-5,10-11,13,15-16,19-21H2,1H3,(H2,33,36). The number of para-hydroxylation sites is 1. The lowest BCUT2D eigenvalue weighted by Crippen LogP contribution is -2.54. The average molecular weight is 542 g/mol. The number of halogens is 1. The summed E-state index contributed by atoms with van der Waals surface area (Å²) in [6, 6.07) is 13.8. The van der Waals surface area contributed by atoms with E-state index in [0.717, 1.165) is 62.4 Å². The number of hydrogen-bond acceptors (Lipinski definition) is 8. The minimum absolute atomic E-state index is 0.168. The molecule has 0 aliphatic carbocycles. The number of rotatable bonds is 4. The predicted molar refractivity (Wildman–Crippen MR) is 156 cm³/mol. The van der Waals surface area contributed by atoms with Crippen LogP contribution in [0.3, 0.4) is 0 Å². The van der Waals surface area contributed by atoms with Crippen molar-refractivity contribution in [2.45, 2.75) is 56.8 Å². The molecule has 9 heteroatoms. The number of nitrogens with zero attached hydrogens (tertiary/aromatic N) is 6. The van der Waals surface area contributed by atoms with Crippen molar-refractivity contribution in [1.29, 1.82) is 0 Å². The van der Waals surface area contributed by atoms with Gasteiger partial charge in [0.15, 0.2) is 5.82 Å². The zero-order valence-corrected chi connectivity index (χ0v) is 22.9. The molecule has 3 unspecified atom stereocenters. The van der Waals surface area contributed by atoms with E-state index in [-0.39, 0.29) is 5.75 Å². The number of piperazine rings is 1. The van der Waals surface area contributed by atoms with Crippen LogP contribution in [0, 0.1) is 11.8 Å². The summed E-state index contributed by atoms with van der Waals surface area (Å²) in [5.41, 5.74) is 9.12. The first-order chi connectivity index (χ1) is 19.4. The number of phenols is 1. The van der Waals surface area contributed by atoms with E-state index in [1.807, 2.05) is 24.4 Å². The maximum absolute atomic E-state index is 14.6. The number of anilines is 3. The van der Waals surface area contributed by atoms with Crippen molar-refractivity contribution < 1.29 is 9.50 Å². The zero-order chi connectivity index (χ0) is 27.7. The molecule has 6 rings (SSSR count). The summed E-state index contributed by atoms with van der Waals surface area (Å²) >= 11 is 0. The van der Waals surface area contributed by atoms with Crippen LogP contribution in [0.4, 0.5) is 21.6 Å². The molecule has 3 N–H and O–H groups in total. The Hall–Kier alpha value is -3.90. The third-order valence-electron chi connectivity index (χ3n) is 8.34. The quantitative estimate of drug-likeness (QED) is 0.474. The van der Waals surface area contributed by atoms with Crippen molar-refractivity contribution in [2.24, 2.45) is 0 Å². The van der Waals surface area contributed by atoms with E-state index < -0.39 is 5.67 Å². The molecule has 1 aromatic carbocycles. The second-order valence-electron chi connectivity index (χ2n) is 11.5. The van der Waals surface area contributed by atoms with Crippen molar-refractivity contribution in [3.8, 4) is 28.8 Å². The molecule has 0 radical (unpaired) electrons. The molecular weight excluding hydrogens is 505 g/mol. The van der Waals surface area contributed by atoms with Crippen LogP contribution >= 0.6 is 0 Å². The van der Waals surface area contributed by atoms with E-state index in [2.05, 4.69) is 53.9 Å². The zero-order valence-electron chi connectivity index (χ0n) is 22.9. The summed E-state index contributed by atoms with van der Waals surface area (Å²) in [7, 11) is 0. The Morgan fingerprint density at radius 3 is 2.70 bits per heavy atom. The molecular formula is C31H36FN7O. The topological polar surface area (TPSA) is 94.6 Å². The third-order valence-corrected chi connectivity index (χ3v) is 8.34. The first kappa shape index (κ1) is 26.3. The monoisotopic (exact) mass is 541 g/mol. The third kappa shape index (κ3) is 5.54. The number of hydrogen-bond donors (Lipinski definition) is 2. The van der Waals surface area contributed by atoms with Crippen LogP contribution in [0.2, 0.25) is 0 Å². The second kappa shape index (κ2) is 10.9.